The van der Waals surface area contributed by atoms with Gasteiger partial charge in [-0.15, -0.1) is 11.3 Å². The highest BCUT2D eigenvalue weighted by molar-refractivity contribution is 7.11. The quantitative estimate of drug-likeness (QED) is 0.409. The average molecular weight is 503 g/mol. The number of rotatable bonds is 5. The Kier molecular flexibility index (Phi) is 5.92. The summed E-state index contributed by atoms with van der Waals surface area (Å²) in [6, 6.07) is 9.46. The molecule has 7 nitrogen and oxygen atoms in total. The largest absolute Gasteiger partial charge is 0.443 e. The van der Waals surface area contributed by atoms with Crippen LogP contribution in [0.4, 0.5) is 18.9 Å². The highest BCUT2D eigenvalue weighted by atomic mass is 32.1. The van der Waals surface area contributed by atoms with Gasteiger partial charge in [-0.05, 0) is 42.7 Å². The number of aromatic nitrogens is 4. The topological polar surface area (TPSA) is 82.0 Å². The van der Waals surface area contributed by atoms with Gasteiger partial charge in [0.15, 0.2) is 10.7 Å². The SMILES string of the molecule is CCCn1c(=O)n(C)c2nc(-c3cc(CN4CCc5sc(C(F)(F)F)nc5C4)ccc3N)ccc21. The number of imidazole rings is 1. The van der Waals surface area contributed by atoms with E-state index in [0.29, 0.717) is 60.2 Å². The van der Waals surface area contributed by atoms with Crippen LogP contribution in [0.25, 0.3) is 22.4 Å². The molecular formula is C24H25F3N6OS. The first-order valence-corrected chi connectivity index (χ1v) is 12.2. The first-order valence-electron chi connectivity index (χ1n) is 11.4. The van der Waals surface area contributed by atoms with E-state index < -0.39 is 11.2 Å². The summed E-state index contributed by atoms with van der Waals surface area (Å²) in [5.74, 6) is 0. The van der Waals surface area contributed by atoms with Gasteiger partial charge in [0.05, 0.1) is 16.9 Å². The van der Waals surface area contributed by atoms with Crippen molar-refractivity contribution in [3.8, 4) is 11.3 Å². The van der Waals surface area contributed by atoms with Crippen LogP contribution in [0.3, 0.4) is 0 Å². The van der Waals surface area contributed by atoms with Gasteiger partial charge >= 0.3 is 11.9 Å². The van der Waals surface area contributed by atoms with Crippen LogP contribution in [-0.2, 0) is 39.3 Å². The van der Waals surface area contributed by atoms with E-state index >= 15 is 0 Å². The fraction of sp³-hybridized carbons (Fsp3) is 0.375. The number of fused-ring (bicyclic) bond motifs is 2. The second-order valence-corrected chi connectivity index (χ2v) is 9.88. The van der Waals surface area contributed by atoms with Gasteiger partial charge in [0.1, 0.15) is 0 Å². The lowest BCUT2D eigenvalue weighted by atomic mass is 10.0. The van der Waals surface area contributed by atoms with Crippen molar-refractivity contribution in [2.24, 2.45) is 7.05 Å². The number of halogens is 3. The third-order valence-electron chi connectivity index (χ3n) is 6.28. The molecule has 3 aromatic heterocycles. The number of aryl methyl sites for hydroxylation is 2. The van der Waals surface area contributed by atoms with Crippen molar-refractivity contribution >= 4 is 28.2 Å². The zero-order valence-electron chi connectivity index (χ0n) is 19.4. The van der Waals surface area contributed by atoms with E-state index in [0.717, 1.165) is 34.4 Å². The van der Waals surface area contributed by atoms with Crippen LogP contribution in [-0.4, -0.2) is 30.5 Å². The fourth-order valence-corrected chi connectivity index (χ4v) is 5.48. The number of nitrogens with zero attached hydrogens (tertiary/aromatic N) is 5. The smallest absolute Gasteiger partial charge is 0.398 e. The number of nitrogens with two attached hydrogens (primary N) is 1. The number of hydrogen-bond donors (Lipinski definition) is 1. The summed E-state index contributed by atoms with van der Waals surface area (Å²) in [6.45, 7) is 4.23. The Labute approximate surface area is 203 Å². The number of hydrogen-bond acceptors (Lipinski definition) is 6. The van der Waals surface area contributed by atoms with Crippen molar-refractivity contribution in [3.05, 3.63) is 62.0 Å². The van der Waals surface area contributed by atoms with E-state index in [1.165, 1.54) is 0 Å². The van der Waals surface area contributed by atoms with Crippen LogP contribution >= 0.6 is 11.3 Å². The number of anilines is 1. The van der Waals surface area contributed by atoms with Gasteiger partial charge in [-0.3, -0.25) is 14.0 Å². The van der Waals surface area contributed by atoms with Crippen molar-refractivity contribution < 1.29 is 13.2 Å². The molecule has 0 atom stereocenters. The molecule has 0 amide bonds. The summed E-state index contributed by atoms with van der Waals surface area (Å²) in [5.41, 5.74) is 11.0. The summed E-state index contributed by atoms with van der Waals surface area (Å²) in [6.07, 6.45) is -3.02. The molecule has 0 bridgehead atoms. The number of benzene rings is 1. The minimum atomic E-state index is -4.41. The van der Waals surface area contributed by atoms with Crippen LogP contribution in [0, 0.1) is 0 Å². The molecule has 4 aromatic rings. The first kappa shape index (κ1) is 23.6. The Hall–Kier alpha value is -3.18. The predicted molar refractivity (Wildman–Crippen MR) is 130 cm³/mol. The summed E-state index contributed by atoms with van der Waals surface area (Å²) in [4.78, 5) is 24.0. The summed E-state index contributed by atoms with van der Waals surface area (Å²) in [7, 11) is 1.71. The maximum Gasteiger partial charge on any atom is 0.443 e. The second kappa shape index (κ2) is 8.80. The van der Waals surface area contributed by atoms with Crippen LogP contribution in [0.5, 0.6) is 0 Å². The molecule has 0 radical (unpaired) electrons. The Balaban J connectivity index is 1.42. The lowest BCUT2D eigenvalue weighted by Crippen LogP contribution is -2.29. The van der Waals surface area contributed by atoms with E-state index in [1.807, 2.05) is 37.3 Å². The lowest BCUT2D eigenvalue weighted by Gasteiger charge is -2.26. The molecule has 0 saturated heterocycles. The minimum absolute atomic E-state index is 0.103. The number of nitrogen functional groups attached to an aromatic ring is 1. The van der Waals surface area contributed by atoms with Crippen molar-refractivity contribution in [1.82, 2.24) is 24.0 Å². The van der Waals surface area contributed by atoms with E-state index in [1.54, 1.807) is 16.2 Å². The lowest BCUT2D eigenvalue weighted by molar-refractivity contribution is -0.137. The average Bonchev–Trinajstić information content (AvgIpc) is 3.35. The zero-order chi connectivity index (χ0) is 24.9. The highest BCUT2D eigenvalue weighted by Gasteiger charge is 2.36. The fourth-order valence-electron chi connectivity index (χ4n) is 4.55. The van der Waals surface area contributed by atoms with Crippen LogP contribution in [0.15, 0.2) is 35.1 Å². The van der Waals surface area contributed by atoms with Gasteiger partial charge in [-0.25, -0.2) is 14.8 Å². The normalized spacial score (nSPS) is 14.5. The maximum absolute atomic E-state index is 13.0. The van der Waals surface area contributed by atoms with Gasteiger partial charge in [0.2, 0.25) is 0 Å². The number of alkyl halides is 3. The Bertz CT molecular complexity index is 1470. The molecule has 0 unspecified atom stereocenters. The van der Waals surface area contributed by atoms with Gasteiger partial charge in [0.25, 0.3) is 0 Å². The monoisotopic (exact) mass is 502 g/mol. The summed E-state index contributed by atoms with van der Waals surface area (Å²) >= 11 is 0.746. The molecule has 0 saturated carbocycles. The Morgan fingerprint density at radius 1 is 1.17 bits per heavy atom. The number of pyridine rings is 1. The molecule has 184 valence electrons. The summed E-state index contributed by atoms with van der Waals surface area (Å²) in [5, 5.41) is -0.775. The molecule has 1 aromatic carbocycles. The van der Waals surface area contributed by atoms with Crippen LogP contribution < -0.4 is 11.4 Å². The van der Waals surface area contributed by atoms with E-state index in [9.17, 15) is 18.0 Å². The predicted octanol–water partition coefficient (Wildman–Crippen LogP) is 4.43. The Morgan fingerprint density at radius 2 is 1.97 bits per heavy atom. The molecule has 2 N–H and O–H groups in total. The van der Waals surface area contributed by atoms with Crippen molar-refractivity contribution in [3.63, 3.8) is 0 Å². The van der Waals surface area contributed by atoms with Crippen LogP contribution in [0.1, 0.15) is 34.5 Å². The van der Waals surface area contributed by atoms with E-state index in [4.69, 9.17) is 10.7 Å². The third-order valence-corrected chi connectivity index (χ3v) is 7.48. The summed E-state index contributed by atoms with van der Waals surface area (Å²) < 4.78 is 42.4. The van der Waals surface area contributed by atoms with Crippen LogP contribution in [0.2, 0.25) is 0 Å². The highest BCUT2D eigenvalue weighted by Crippen LogP contribution is 2.36. The first-order chi connectivity index (χ1) is 16.7. The zero-order valence-corrected chi connectivity index (χ0v) is 20.2. The van der Waals surface area contributed by atoms with Gasteiger partial charge in [-0.1, -0.05) is 13.0 Å². The molecule has 4 heterocycles. The van der Waals surface area contributed by atoms with Crippen molar-refractivity contribution in [2.75, 3.05) is 12.3 Å². The molecular weight excluding hydrogens is 477 g/mol. The van der Waals surface area contributed by atoms with Crippen molar-refractivity contribution in [1.29, 1.82) is 0 Å². The molecule has 0 aliphatic carbocycles. The standard InChI is InChI=1S/C24H25F3N6OS/c1-3-9-33-19-7-6-17(29-21(19)31(2)23(33)34)15-11-14(4-5-16(15)28)12-32-10-8-20-18(13-32)30-22(35-20)24(25,26)27/h4-7,11H,3,8-10,12-13,28H2,1-2H3. The maximum atomic E-state index is 13.0. The van der Waals surface area contributed by atoms with Gasteiger partial charge in [-0.2, -0.15) is 13.2 Å². The Morgan fingerprint density at radius 3 is 2.71 bits per heavy atom. The van der Waals surface area contributed by atoms with Gasteiger partial charge < -0.3 is 5.73 Å². The molecule has 35 heavy (non-hydrogen) atoms. The molecule has 11 heteroatoms. The van der Waals surface area contributed by atoms with E-state index in [2.05, 4.69) is 9.88 Å². The van der Waals surface area contributed by atoms with Gasteiger partial charge in [0, 0.05) is 49.4 Å². The minimum Gasteiger partial charge on any atom is -0.398 e. The second-order valence-electron chi connectivity index (χ2n) is 8.80. The van der Waals surface area contributed by atoms with Crippen molar-refractivity contribution in [2.45, 2.75) is 45.6 Å². The molecule has 1 aliphatic heterocycles. The molecule has 5 rings (SSSR count). The molecule has 0 spiro atoms. The third kappa shape index (κ3) is 4.34. The van der Waals surface area contributed by atoms with E-state index in [-0.39, 0.29) is 5.69 Å². The molecule has 0 fully saturated rings. The number of thiazole rings is 1. The molecule has 1 aliphatic rings.